The summed E-state index contributed by atoms with van der Waals surface area (Å²) >= 11 is 1.54. The van der Waals surface area contributed by atoms with Crippen LogP contribution >= 0.6 is 11.3 Å². The van der Waals surface area contributed by atoms with Gasteiger partial charge in [0.1, 0.15) is 18.3 Å². The summed E-state index contributed by atoms with van der Waals surface area (Å²) in [6, 6.07) is 1.96. The molecule has 3 rings (SSSR count). The lowest BCUT2D eigenvalue weighted by Crippen LogP contribution is -2.77. The Morgan fingerprint density at radius 1 is 1.16 bits per heavy atom. The molecule has 0 amide bonds. The second-order valence-corrected chi connectivity index (χ2v) is 10.4. The molecule has 2 bridgehead atoms. The van der Waals surface area contributed by atoms with Gasteiger partial charge in [-0.25, -0.2) is 14.4 Å². The highest BCUT2D eigenvalue weighted by Gasteiger charge is 2.84. The maximum atomic E-state index is 12.2. The molecule has 0 aliphatic carbocycles. The maximum absolute atomic E-state index is 12.2. The number of aliphatic hydroxyl groups is 3. The molecule has 210 valence electrons. The van der Waals surface area contributed by atoms with Crippen molar-refractivity contribution in [3.8, 4) is 0 Å². The van der Waals surface area contributed by atoms with Gasteiger partial charge < -0.3 is 44.8 Å². The molecule has 1 aromatic heterocycles. The van der Waals surface area contributed by atoms with E-state index in [1.165, 1.54) is 18.3 Å². The van der Waals surface area contributed by atoms with Crippen molar-refractivity contribution < 1.29 is 64.0 Å². The average Bonchev–Trinajstić information content (AvgIpc) is 3.43. The van der Waals surface area contributed by atoms with E-state index in [0.717, 1.165) is 5.56 Å². The van der Waals surface area contributed by atoms with Crippen molar-refractivity contribution >= 4 is 35.2 Å². The van der Waals surface area contributed by atoms with Gasteiger partial charge in [-0.05, 0) is 53.1 Å². The van der Waals surface area contributed by atoms with E-state index < -0.39 is 71.7 Å². The SMILES string of the molecule is C=C(CCC12OC(C(=O)O)C(O)(C(=O)O)C(C(=O)O)(O1)C(O)C2O)C(OC(C)=O)C(C)CCc1ccsc1. The summed E-state index contributed by atoms with van der Waals surface area (Å²) in [5, 5.41) is 65.2. The normalized spacial score (nSPS) is 33.8. The summed E-state index contributed by atoms with van der Waals surface area (Å²) in [5.74, 6) is -10.0. The van der Waals surface area contributed by atoms with Crippen LogP contribution < -0.4 is 0 Å². The summed E-state index contributed by atoms with van der Waals surface area (Å²) in [6.07, 6.45) is -7.85. The van der Waals surface area contributed by atoms with Crippen molar-refractivity contribution in [2.24, 2.45) is 5.92 Å². The maximum Gasteiger partial charge on any atom is 0.343 e. The van der Waals surface area contributed by atoms with Crippen LogP contribution in [-0.2, 0) is 39.8 Å². The summed E-state index contributed by atoms with van der Waals surface area (Å²) in [6.45, 7) is 6.97. The highest BCUT2D eigenvalue weighted by Crippen LogP contribution is 2.54. The summed E-state index contributed by atoms with van der Waals surface area (Å²) in [7, 11) is 0. The average molecular weight is 559 g/mol. The number of aryl methyl sites for hydroxylation is 1. The highest BCUT2D eigenvalue weighted by molar-refractivity contribution is 7.07. The first-order valence-electron chi connectivity index (χ1n) is 11.7. The van der Waals surface area contributed by atoms with Crippen LogP contribution in [0.2, 0.25) is 0 Å². The van der Waals surface area contributed by atoms with Crippen LogP contribution in [0.25, 0.3) is 0 Å². The first-order valence-corrected chi connectivity index (χ1v) is 12.6. The van der Waals surface area contributed by atoms with Crippen LogP contribution in [0, 0.1) is 5.92 Å². The summed E-state index contributed by atoms with van der Waals surface area (Å²) in [4.78, 5) is 47.8. The third-order valence-corrected chi connectivity index (χ3v) is 7.84. The van der Waals surface area contributed by atoms with Gasteiger partial charge in [0.15, 0.2) is 5.79 Å². The molecule has 2 fully saturated rings. The number of carboxylic acid groups (broad SMARTS) is 3. The van der Waals surface area contributed by atoms with Gasteiger partial charge in [0, 0.05) is 13.3 Å². The van der Waals surface area contributed by atoms with Gasteiger partial charge >= 0.3 is 23.9 Å². The van der Waals surface area contributed by atoms with E-state index in [1.54, 1.807) is 0 Å². The van der Waals surface area contributed by atoms with E-state index in [2.05, 4.69) is 6.58 Å². The molecule has 6 N–H and O–H groups in total. The van der Waals surface area contributed by atoms with Crippen molar-refractivity contribution in [1.29, 1.82) is 0 Å². The molecule has 13 nitrogen and oxygen atoms in total. The molecule has 2 aliphatic heterocycles. The molecule has 0 saturated carbocycles. The van der Waals surface area contributed by atoms with Crippen LogP contribution in [0.15, 0.2) is 29.0 Å². The zero-order chi connectivity index (χ0) is 28.6. The second-order valence-electron chi connectivity index (χ2n) is 9.59. The predicted molar refractivity (Wildman–Crippen MR) is 127 cm³/mol. The number of hydrogen-bond donors (Lipinski definition) is 6. The molecule has 8 unspecified atom stereocenters. The van der Waals surface area contributed by atoms with Gasteiger partial charge in [0.05, 0.1) is 0 Å². The van der Waals surface area contributed by atoms with Crippen LogP contribution in [0.4, 0.5) is 0 Å². The molecule has 2 saturated heterocycles. The lowest BCUT2D eigenvalue weighted by Gasteiger charge is -2.48. The minimum Gasteiger partial charge on any atom is -0.479 e. The monoisotopic (exact) mass is 558 g/mol. The molecule has 0 spiro atoms. The predicted octanol–water partition coefficient (Wildman–Crippen LogP) is 0.156. The summed E-state index contributed by atoms with van der Waals surface area (Å²) in [5.41, 5.74) is -5.90. The second kappa shape index (κ2) is 10.7. The Labute approximate surface area is 220 Å². The van der Waals surface area contributed by atoms with Gasteiger partial charge in [-0.15, -0.1) is 0 Å². The van der Waals surface area contributed by atoms with Gasteiger partial charge in [0.2, 0.25) is 17.3 Å². The third-order valence-electron chi connectivity index (χ3n) is 7.11. The first-order chi connectivity index (χ1) is 17.6. The molecule has 2 aliphatic rings. The van der Waals surface area contributed by atoms with Crippen molar-refractivity contribution in [1.82, 2.24) is 0 Å². The van der Waals surface area contributed by atoms with Crippen molar-refractivity contribution in [2.45, 2.75) is 80.9 Å². The molecule has 38 heavy (non-hydrogen) atoms. The Bertz CT molecular complexity index is 1100. The van der Waals surface area contributed by atoms with Crippen molar-refractivity contribution in [3.05, 3.63) is 34.5 Å². The zero-order valence-corrected chi connectivity index (χ0v) is 21.4. The quantitative estimate of drug-likeness (QED) is 0.149. The molecule has 0 radical (unpaired) electrons. The van der Waals surface area contributed by atoms with Gasteiger partial charge in [-0.1, -0.05) is 13.5 Å². The molecule has 0 aromatic carbocycles. The fraction of sp³-hybridized carbons (Fsp3) is 0.583. The standard InChI is InChI=1S/C24H30O13S/c1-11(4-5-14-7-9-38-10-14)15(35-13(3)25)12(2)6-8-22-16(26)17(27)24(37-22,21(32)33)23(34,20(30)31)18(36-22)19(28)29/h7,9-11,15-18,26-27,34H,2,4-6,8H2,1,3H3,(H,28,29)(H,30,31)(H,32,33). The first kappa shape index (κ1) is 29.7. The number of rotatable bonds is 12. The Hall–Kier alpha value is -2.88. The van der Waals surface area contributed by atoms with Crippen molar-refractivity contribution in [2.75, 3.05) is 0 Å². The van der Waals surface area contributed by atoms with Crippen LogP contribution in [0.3, 0.4) is 0 Å². The van der Waals surface area contributed by atoms with E-state index in [-0.39, 0.29) is 12.3 Å². The molecule has 14 heteroatoms. The fourth-order valence-electron chi connectivity index (χ4n) is 5.06. The lowest BCUT2D eigenvalue weighted by molar-refractivity contribution is -0.374. The minimum atomic E-state index is -3.81. The Balaban J connectivity index is 1.89. The van der Waals surface area contributed by atoms with E-state index in [4.69, 9.17) is 14.2 Å². The van der Waals surface area contributed by atoms with Gasteiger partial charge in [-0.2, -0.15) is 11.3 Å². The van der Waals surface area contributed by atoms with E-state index in [0.29, 0.717) is 18.4 Å². The topological polar surface area (TPSA) is 217 Å². The molecule has 1 aromatic rings. The molecular formula is C24H30O13S. The van der Waals surface area contributed by atoms with Crippen LogP contribution in [0.1, 0.15) is 38.7 Å². The number of carbonyl (C=O) groups excluding carboxylic acids is 1. The molecule has 3 heterocycles. The van der Waals surface area contributed by atoms with Crippen LogP contribution in [-0.4, -0.2) is 95.9 Å². The smallest absolute Gasteiger partial charge is 0.343 e. The van der Waals surface area contributed by atoms with E-state index >= 15 is 0 Å². The Kier molecular flexibility index (Phi) is 8.36. The van der Waals surface area contributed by atoms with Gasteiger partial charge in [0.25, 0.3) is 0 Å². The number of aliphatic hydroxyl groups excluding tert-OH is 2. The number of fused-ring (bicyclic) bond motifs is 2. The minimum absolute atomic E-state index is 0.182. The van der Waals surface area contributed by atoms with E-state index in [9.17, 15) is 49.8 Å². The number of hydrogen-bond acceptors (Lipinski definition) is 11. The number of ether oxygens (including phenoxy) is 3. The van der Waals surface area contributed by atoms with Crippen molar-refractivity contribution in [3.63, 3.8) is 0 Å². The molecular weight excluding hydrogens is 528 g/mol. The van der Waals surface area contributed by atoms with Crippen LogP contribution in [0.5, 0.6) is 0 Å². The number of aliphatic carboxylic acids is 3. The fourth-order valence-corrected chi connectivity index (χ4v) is 5.77. The lowest BCUT2D eigenvalue weighted by atomic mass is 9.74. The number of carbonyl (C=O) groups is 4. The van der Waals surface area contributed by atoms with Gasteiger partial charge in [-0.3, -0.25) is 4.79 Å². The number of esters is 1. The zero-order valence-electron chi connectivity index (χ0n) is 20.6. The largest absolute Gasteiger partial charge is 0.479 e. The number of carboxylic acids is 3. The molecule has 8 atom stereocenters. The Morgan fingerprint density at radius 3 is 2.32 bits per heavy atom. The Morgan fingerprint density at radius 2 is 1.82 bits per heavy atom. The van der Waals surface area contributed by atoms with E-state index in [1.807, 2.05) is 23.8 Å². The number of thiophene rings is 1. The third kappa shape index (κ3) is 4.72. The summed E-state index contributed by atoms with van der Waals surface area (Å²) < 4.78 is 16.0. The highest BCUT2D eigenvalue weighted by atomic mass is 32.1.